The fourth-order valence-corrected chi connectivity index (χ4v) is 14.8. The number of likely N-dealkylation sites (tertiary alicyclic amines) is 4. The lowest BCUT2D eigenvalue weighted by atomic mass is 10.3. The first-order valence-electron chi connectivity index (χ1n) is 16.5. The van der Waals surface area contributed by atoms with Crippen LogP contribution in [0.25, 0.3) is 0 Å². The highest BCUT2D eigenvalue weighted by atomic mass is 33.1. The number of hydrogen-bond donors (Lipinski definition) is 6. The molecule has 0 spiro atoms. The van der Waals surface area contributed by atoms with Crippen molar-refractivity contribution in [2.24, 2.45) is 0 Å². The lowest BCUT2D eigenvalue weighted by molar-refractivity contribution is -0.144. The zero-order valence-corrected chi connectivity index (χ0v) is 34.9. The van der Waals surface area contributed by atoms with Gasteiger partial charge in [0.05, 0.1) is 12.8 Å². The molecule has 6 unspecified atom stereocenters. The summed E-state index contributed by atoms with van der Waals surface area (Å²) in [6.07, 6.45) is -2.91. The molecule has 60 heavy (non-hydrogen) atoms. The van der Waals surface area contributed by atoms with Crippen molar-refractivity contribution in [3.63, 3.8) is 0 Å². The Hall–Kier alpha value is -4.34. The highest BCUT2D eigenvalue weighted by Crippen LogP contribution is 2.43. The molecule has 6 atom stereocenters. The minimum Gasteiger partial charge on any atom is -0.481 e. The van der Waals surface area contributed by atoms with E-state index < -0.39 is 162 Å². The summed E-state index contributed by atoms with van der Waals surface area (Å²) in [5, 5.41) is 24.4. The molecule has 4 heterocycles. The number of carboxylic acid groups (broad SMARTS) is 4. The maximum absolute atomic E-state index is 12.2. The first-order chi connectivity index (χ1) is 27.7. The summed E-state index contributed by atoms with van der Waals surface area (Å²) in [6.45, 7) is 0. The third kappa shape index (κ3) is 12.4. The van der Waals surface area contributed by atoms with E-state index in [2.05, 4.69) is 0 Å². The van der Waals surface area contributed by atoms with Crippen LogP contribution in [0.15, 0.2) is 0 Å². The van der Waals surface area contributed by atoms with Gasteiger partial charge >= 0.3 is 23.9 Å². The van der Waals surface area contributed by atoms with Crippen LogP contribution in [0.5, 0.6) is 0 Å². The van der Waals surface area contributed by atoms with E-state index in [4.69, 9.17) is 10.2 Å². The molecule has 26 nitrogen and oxygen atoms in total. The third-order valence-electron chi connectivity index (χ3n) is 8.32. The number of carboxylic acids is 4. The van der Waals surface area contributed by atoms with Gasteiger partial charge < -0.3 is 20.4 Å². The molecule has 6 N–H and O–H groups in total. The van der Waals surface area contributed by atoms with E-state index in [0.29, 0.717) is 0 Å². The first kappa shape index (κ1) is 50.0. The molecule has 0 bridgehead atoms. The average molecular weight is 969 g/mol. The lowest BCUT2D eigenvalue weighted by Crippen LogP contribution is -2.52. The highest BCUT2D eigenvalue weighted by molar-refractivity contribution is 8.77. The van der Waals surface area contributed by atoms with Gasteiger partial charge in [-0.15, -0.1) is 0 Å². The van der Waals surface area contributed by atoms with Crippen molar-refractivity contribution in [1.29, 1.82) is 0 Å². The zero-order chi connectivity index (χ0) is 45.6. The molecule has 32 heteroatoms. The summed E-state index contributed by atoms with van der Waals surface area (Å²) in [4.78, 5) is 144. The van der Waals surface area contributed by atoms with Crippen molar-refractivity contribution in [2.75, 3.05) is 0 Å². The van der Waals surface area contributed by atoms with Gasteiger partial charge in [-0.1, -0.05) is 43.2 Å². The fourth-order valence-electron chi connectivity index (χ4n) is 5.71. The van der Waals surface area contributed by atoms with E-state index >= 15 is 0 Å². The molecule has 4 aliphatic rings. The van der Waals surface area contributed by atoms with Crippen molar-refractivity contribution < 1.29 is 104 Å². The largest absolute Gasteiger partial charge is 0.481 e. The summed E-state index contributed by atoms with van der Waals surface area (Å²) in [5.41, 5.74) is 0. The Kier molecular flexibility index (Phi) is 17.1. The normalized spacial score (nSPS) is 20.6. The second-order valence-corrected chi connectivity index (χ2v) is 20.7. The standard InChI is InChI=1S/C14H16N2O14S4.C14H16N2O8S2/c17-5-1-2-6(18)15(5)11(9(13(21)22)33(25,26)27)31-32-12(10(14(23)24)34(28,29)30)16-7(19)3-4-8(16)20;17-7-1-2-8(18)15(7)11(5-13(21)22)25-26-12(6-14(23)24)16-9(19)3-4-10(16)20/h9-12H,1-4H2,(H,21,22)(H,23,24)(H,25,26,27)(H,28,29,30);11-12H,1-6H2,(H,21,22)(H,23,24). The molecule has 4 rings (SSSR count). The van der Waals surface area contributed by atoms with Crippen molar-refractivity contribution >= 4 is 135 Å². The van der Waals surface area contributed by atoms with Crippen LogP contribution < -0.4 is 0 Å². The second kappa shape index (κ2) is 20.5. The molecule has 0 aromatic rings. The topological polar surface area (TPSA) is 407 Å². The van der Waals surface area contributed by atoms with Crippen molar-refractivity contribution in [1.82, 2.24) is 19.6 Å². The summed E-state index contributed by atoms with van der Waals surface area (Å²) in [5.74, 6) is -13.1. The van der Waals surface area contributed by atoms with Gasteiger partial charge in [0, 0.05) is 51.4 Å². The molecule has 4 fully saturated rings. The van der Waals surface area contributed by atoms with Crippen LogP contribution >= 0.6 is 43.2 Å². The molecule has 0 saturated carbocycles. The molecular formula is C28H32N4O22S6. The molecular weight excluding hydrogens is 937 g/mol. The predicted molar refractivity (Wildman–Crippen MR) is 200 cm³/mol. The van der Waals surface area contributed by atoms with E-state index in [1.54, 1.807) is 0 Å². The van der Waals surface area contributed by atoms with Gasteiger partial charge in [0.25, 0.3) is 20.2 Å². The maximum atomic E-state index is 12.2. The molecule has 4 saturated heterocycles. The molecule has 4 aliphatic heterocycles. The minimum absolute atomic E-state index is 0.0121. The number of aliphatic carboxylic acids is 4. The quantitative estimate of drug-likeness (QED) is 0.0448. The predicted octanol–water partition coefficient (Wildman–Crippen LogP) is -1.73. The van der Waals surface area contributed by atoms with Crippen LogP contribution in [-0.4, -0.2) is 169 Å². The minimum atomic E-state index is -5.51. The number of amides is 8. The van der Waals surface area contributed by atoms with Gasteiger partial charge in [0.1, 0.15) is 21.5 Å². The van der Waals surface area contributed by atoms with Crippen LogP contribution in [0, 0.1) is 0 Å². The number of carbonyl (C=O) groups is 12. The van der Waals surface area contributed by atoms with Crippen molar-refractivity contribution in [2.45, 2.75) is 96.2 Å². The molecule has 0 aromatic heterocycles. The van der Waals surface area contributed by atoms with Crippen LogP contribution in [0.1, 0.15) is 64.2 Å². The molecule has 0 aliphatic carbocycles. The summed E-state index contributed by atoms with van der Waals surface area (Å²) in [7, 11) is -9.52. The molecule has 0 radical (unpaired) electrons. The van der Waals surface area contributed by atoms with Crippen LogP contribution in [0.3, 0.4) is 0 Å². The monoisotopic (exact) mass is 968 g/mol. The Morgan fingerprint density at radius 3 is 0.833 bits per heavy atom. The van der Waals surface area contributed by atoms with E-state index in [-0.39, 0.29) is 57.1 Å². The Morgan fingerprint density at radius 2 is 0.650 bits per heavy atom. The van der Waals surface area contributed by atoms with E-state index in [1.807, 2.05) is 0 Å². The van der Waals surface area contributed by atoms with Gasteiger partial charge in [-0.05, 0) is 0 Å². The van der Waals surface area contributed by atoms with Crippen molar-refractivity contribution in [3.05, 3.63) is 0 Å². The maximum Gasteiger partial charge on any atom is 0.327 e. The van der Waals surface area contributed by atoms with Gasteiger partial charge in [-0.25, -0.2) is 0 Å². The third-order valence-corrected chi connectivity index (χ3v) is 16.8. The van der Waals surface area contributed by atoms with Crippen LogP contribution in [-0.2, 0) is 77.8 Å². The molecule has 332 valence electrons. The van der Waals surface area contributed by atoms with Crippen LogP contribution in [0.2, 0.25) is 0 Å². The summed E-state index contributed by atoms with van der Waals surface area (Å²) in [6, 6.07) is 0. The van der Waals surface area contributed by atoms with Gasteiger partial charge in [0.15, 0.2) is 0 Å². The Balaban J connectivity index is 0.000000332. The smallest absolute Gasteiger partial charge is 0.327 e. The lowest BCUT2D eigenvalue weighted by Gasteiger charge is -2.32. The van der Waals surface area contributed by atoms with Gasteiger partial charge in [-0.2, -0.15) is 16.8 Å². The Labute approximate surface area is 352 Å². The second-order valence-electron chi connectivity index (χ2n) is 12.4. The number of hydrogen-bond acceptors (Lipinski definition) is 20. The SMILES string of the molecule is O=C(O)C(C(SSC(C(C(=O)O)S(=O)(=O)O)N1C(=O)CCC1=O)N1C(=O)CCC1=O)S(=O)(=O)O.O=C(O)CC(SSC(CC(=O)O)N1C(=O)CCC1=O)N1C(=O)CCC1=O. The Morgan fingerprint density at radius 1 is 0.433 bits per heavy atom. The fraction of sp³-hybridized carbons (Fsp3) is 0.571. The number of carbonyl (C=O) groups excluding carboxylic acids is 8. The number of nitrogens with zero attached hydrogens (tertiary/aromatic N) is 4. The highest BCUT2D eigenvalue weighted by Gasteiger charge is 2.52. The van der Waals surface area contributed by atoms with Gasteiger partial charge in [0.2, 0.25) is 57.8 Å². The van der Waals surface area contributed by atoms with E-state index in [1.165, 1.54) is 0 Å². The summed E-state index contributed by atoms with van der Waals surface area (Å²) >= 11 is 0. The number of rotatable bonds is 20. The Bertz CT molecular complexity index is 1890. The number of imide groups is 4. The van der Waals surface area contributed by atoms with E-state index in [0.717, 1.165) is 31.4 Å². The first-order valence-corrected chi connectivity index (χ1v) is 24.1. The van der Waals surface area contributed by atoms with Crippen molar-refractivity contribution in [3.8, 4) is 0 Å². The molecule has 8 amide bonds. The van der Waals surface area contributed by atoms with Gasteiger partial charge in [-0.3, -0.25) is 86.2 Å². The molecule has 0 aromatic carbocycles. The average Bonchev–Trinajstić information content (AvgIpc) is 3.83. The summed E-state index contributed by atoms with van der Waals surface area (Å²) < 4.78 is 65.8. The van der Waals surface area contributed by atoms with E-state index in [9.17, 15) is 93.7 Å². The zero-order valence-electron chi connectivity index (χ0n) is 30.0. The van der Waals surface area contributed by atoms with Crippen LogP contribution in [0.4, 0.5) is 0 Å².